The number of nitrogens with two attached hydrogens (primary N) is 1. The van der Waals surface area contributed by atoms with Crippen molar-refractivity contribution >= 4 is 17.0 Å². The van der Waals surface area contributed by atoms with E-state index in [0.717, 1.165) is 12.0 Å². The predicted molar refractivity (Wildman–Crippen MR) is 115 cm³/mol. The van der Waals surface area contributed by atoms with Crippen molar-refractivity contribution in [3.8, 4) is 0 Å². The summed E-state index contributed by atoms with van der Waals surface area (Å²) in [5.41, 5.74) is 9.02. The van der Waals surface area contributed by atoms with Crippen molar-refractivity contribution in [1.82, 2.24) is 19.5 Å². The number of hydrogen-bond acceptors (Lipinski definition) is 8. The van der Waals surface area contributed by atoms with E-state index < -0.39 is 24.5 Å². The summed E-state index contributed by atoms with van der Waals surface area (Å²) >= 11 is 0. The Labute approximate surface area is 180 Å². The molecule has 0 bridgehead atoms. The van der Waals surface area contributed by atoms with Crippen LogP contribution in [0.15, 0.2) is 36.9 Å². The number of aromatic nitrogens is 4. The molecule has 1 saturated heterocycles. The molecule has 1 aromatic carbocycles. The van der Waals surface area contributed by atoms with Crippen LogP contribution < -0.4 is 5.73 Å². The van der Waals surface area contributed by atoms with Crippen molar-refractivity contribution in [3.05, 3.63) is 48.0 Å². The first kappa shape index (κ1) is 21.6. The van der Waals surface area contributed by atoms with Gasteiger partial charge in [-0.25, -0.2) is 15.0 Å². The number of aliphatic hydroxyl groups is 2. The quantitative estimate of drug-likeness (QED) is 0.522. The molecule has 31 heavy (non-hydrogen) atoms. The molecule has 0 spiro atoms. The highest BCUT2D eigenvalue weighted by atomic mass is 16.6. The molecule has 4 N–H and O–H groups in total. The standard InChI is InChI=1S/C22H29N5O4/c1-12(2)8-14-4-6-15(7-5-14)13(3)30-9-16-18(28)19(29)22(31-16)27-11-26-17-20(23)24-10-25-21(17)27/h4-7,10-13,16,18-19,22,28-29H,8-9H2,1-3H3,(H2,23,24,25)/t13?,16-,18-,19-,22-/m1/s1. The largest absolute Gasteiger partial charge is 0.387 e. The molecule has 0 amide bonds. The molecular weight excluding hydrogens is 398 g/mol. The summed E-state index contributed by atoms with van der Waals surface area (Å²) in [6.07, 6.45) is -0.163. The third kappa shape index (κ3) is 4.40. The molecule has 0 radical (unpaired) electrons. The normalized spacial score (nSPS) is 24.8. The third-order valence-corrected chi connectivity index (χ3v) is 5.60. The fourth-order valence-corrected chi connectivity index (χ4v) is 3.88. The van der Waals surface area contributed by atoms with Gasteiger partial charge in [0.2, 0.25) is 0 Å². The lowest BCUT2D eigenvalue weighted by molar-refractivity contribution is -0.0788. The van der Waals surface area contributed by atoms with Crippen molar-refractivity contribution in [3.63, 3.8) is 0 Å². The van der Waals surface area contributed by atoms with Crippen molar-refractivity contribution in [2.45, 2.75) is 57.8 Å². The Kier molecular flexibility index (Phi) is 6.19. The molecule has 3 heterocycles. The number of rotatable bonds is 7. The van der Waals surface area contributed by atoms with E-state index in [2.05, 4.69) is 53.1 Å². The molecule has 9 heteroatoms. The Morgan fingerprint density at radius 1 is 1.10 bits per heavy atom. The number of nitrogen functional groups attached to an aromatic ring is 1. The highest BCUT2D eigenvalue weighted by Crippen LogP contribution is 2.33. The first-order chi connectivity index (χ1) is 14.8. The van der Waals surface area contributed by atoms with Crippen molar-refractivity contribution in [2.75, 3.05) is 12.3 Å². The molecule has 1 aliphatic rings. The number of imidazole rings is 1. The van der Waals surface area contributed by atoms with Gasteiger partial charge in [-0.15, -0.1) is 0 Å². The van der Waals surface area contributed by atoms with Gasteiger partial charge in [-0.1, -0.05) is 38.1 Å². The number of nitrogens with zero attached hydrogens (tertiary/aromatic N) is 4. The molecule has 0 saturated carbocycles. The van der Waals surface area contributed by atoms with Gasteiger partial charge < -0.3 is 25.4 Å². The number of benzene rings is 1. The molecule has 4 rings (SSSR count). The minimum Gasteiger partial charge on any atom is -0.387 e. The summed E-state index contributed by atoms with van der Waals surface area (Å²) in [5, 5.41) is 21.1. The van der Waals surface area contributed by atoms with E-state index in [9.17, 15) is 10.2 Å². The van der Waals surface area contributed by atoms with Gasteiger partial charge in [0.25, 0.3) is 0 Å². The molecule has 1 fully saturated rings. The SMILES string of the molecule is CC(C)Cc1ccc(C(C)OC[C@H]2O[C@@H](n3cnc4c(N)ncnc43)[C@H](O)[C@@H]2O)cc1. The molecule has 0 aliphatic carbocycles. The summed E-state index contributed by atoms with van der Waals surface area (Å²) in [7, 11) is 0. The fraction of sp³-hybridized carbons (Fsp3) is 0.500. The van der Waals surface area contributed by atoms with Crippen LogP contribution in [0.4, 0.5) is 5.82 Å². The molecule has 166 valence electrons. The smallest absolute Gasteiger partial charge is 0.167 e. The van der Waals surface area contributed by atoms with Crippen LogP contribution in [0.5, 0.6) is 0 Å². The van der Waals surface area contributed by atoms with Crippen molar-refractivity contribution < 1.29 is 19.7 Å². The van der Waals surface area contributed by atoms with E-state index >= 15 is 0 Å². The van der Waals surface area contributed by atoms with Gasteiger partial charge in [0, 0.05) is 0 Å². The highest BCUT2D eigenvalue weighted by Gasteiger charge is 2.44. The Hall–Kier alpha value is -2.59. The van der Waals surface area contributed by atoms with Crippen LogP contribution in [-0.4, -0.2) is 54.7 Å². The summed E-state index contributed by atoms with van der Waals surface area (Å²) in [4.78, 5) is 12.3. The third-order valence-electron chi connectivity index (χ3n) is 5.60. The van der Waals surface area contributed by atoms with E-state index in [1.807, 2.05) is 6.92 Å². The predicted octanol–water partition coefficient (Wildman–Crippen LogP) is 2.00. The van der Waals surface area contributed by atoms with Crippen LogP contribution in [0.3, 0.4) is 0 Å². The first-order valence-electron chi connectivity index (χ1n) is 10.5. The van der Waals surface area contributed by atoms with Gasteiger partial charge in [0.1, 0.15) is 30.2 Å². The second kappa shape index (κ2) is 8.88. The van der Waals surface area contributed by atoms with Crippen LogP contribution in [-0.2, 0) is 15.9 Å². The average molecular weight is 428 g/mol. The number of hydrogen-bond donors (Lipinski definition) is 3. The molecular formula is C22H29N5O4. The number of anilines is 1. The van der Waals surface area contributed by atoms with Gasteiger partial charge in [-0.3, -0.25) is 4.57 Å². The Morgan fingerprint density at radius 3 is 2.55 bits per heavy atom. The van der Waals surface area contributed by atoms with Crippen LogP contribution >= 0.6 is 0 Å². The van der Waals surface area contributed by atoms with Crippen LogP contribution in [0, 0.1) is 5.92 Å². The van der Waals surface area contributed by atoms with Crippen molar-refractivity contribution in [2.24, 2.45) is 5.92 Å². The van der Waals surface area contributed by atoms with E-state index in [0.29, 0.717) is 17.1 Å². The zero-order valence-electron chi connectivity index (χ0n) is 17.9. The number of aliphatic hydroxyl groups excluding tert-OH is 2. The summed E-state index contributed by atoms with van der Waals surface area (Å²) in [6, 6.07) is 8.36. The van der Waals surface area contributed by atoms with Gasteiger partial charge >= 0.3 is 0 Å². The van der Waals surface area contributed by atoms with E-state index in [-0.39, 0.29) is 18.5 Å². The molecule has 1 unspecified atom stereocenters. The summed E-state index contributed by atoms with van der Waals surface area (Å²) < 4.78 is 13.4. The van der Waals surface area contributed by atoms with E-state index in [1.165, 1.54) is 18.2 Å². The lowest BCUT2D eigenvalue weighted by Crippen LogP contribution is -2.34. The zero-order valence-corrected chi connectivity index (χ0v) is 17.9. The maximum Gasteiger partial charge on any atom is 0.167 e. The molecule has 1 aliphatic heterocycles. The topological polar surface area (TPSA) is 129 Å². The molecule has 3 aromatic rings. The Balaban J connectivity index is 1.41. The van der Waals surface area contributed by atoms with Gasteiger partial charge in [-0.05, 0) is 30.4 Å². The Bertz CT molecular complexity index is 1020. The maximum absolute atomic E-state index is 10.6. The van der Waals surface area contributed by atoms with Crippen LogP contribution in [0.2, 0.25) is 0 Å². The zero-order chi connectivity index (χ0) is 22.1. The monoisotopic (exact) mass is 427 g/mol. The van der Waals surface area contributed by atoms with Gasteiger partial charge in [0.05, 0.1) is 19.0 Å². The fourth-order valence-electron chi connectivity index (χ4n) is 3.88. The van der Waals surface area contributed by atoms with E-state index in [4.69, 9.17) is 15.2 Å². The van der Waals surface area contributed by atoms with Gasteiger partial charge in [-0.2, -0.15) is 0 Å². The number of ether oxygens (including phenoxy) is 2. The van der Waals surface area contributed by atoms with Crippen LogP contribution in [0.1, 0.15) is 44.2 Å². The van der Waals surface area contributed by atoms with Crippen molar-refractivity contribution in [1.29, 1.82) is 0 Å². The second-order valence-corrected chi connectivity index (χ2v) is 8.44. The Morgan fingerprint density at radius 2 is 1.84 bits per heavy atom. The average Bonchev–Trinajstić information content (AvgIpc) is 3.29. The first-order valence-corrected chi connectivity index (χ1v) is 10.5. The second-order valence-electron chi connectivity index (χ2n) is 8.44. The maximum atomic E-state index is 10.6. The lowest BCUT2D eigenvalue weighted by atomic mass is 10.0. The summed E-state index contributed by atoms with van der Waals surface area (Å²) in [6.45, 7) is 6.48. The van der Waals surface area contributed by atoms with Crippen LogP contribution in [0.25, 0.3) is 11.2 Å². The minimum atomic E-state index is -1.16. The number of fused-ring (bicyclic) bond motifs is 1. The molecule has 5 atom stereocenters. The minimum absolute atomic E-state index is 0.132. The summed E-state index contributed by atoms with van der Waals surface area (Å²) in [5.74, 6) is 0.848. The van der Waals surface area contributed by atoms with E-state index in [1.54, 1.807) is 4.57 Å². The molecule has 9 nitrogen and oxygen atoms in total. The molecule has 2 aromatic heterocycles. The van der Waals surface area contributed by atoms with Gasteiger partial charge in [0.15, 0.2) is 17.7 Å². The highest BCUT2D eigenvalue weighted by molar-refractivity contribution is 5.81. The lowest BCUT2D eigenvalue weighted by Gasteiger charge is -2.19.